The number of rotatable bonds is 3. The second-order valence-corrected chi connectivity index (χ2v) is 6.56. The number of fused-ring (bicyclic) bond motifs is 1. The molecule has 22 heavy (non-hydrogen) atoms. The molecule has 1 heterocycles. The summed E-state index contributed by atoms with van der Waals surface area (Å²) in [4.78, 5) is 16.1. The van der Waals surface area contributed by atoms with Crippen molar-refractivity contribution in [1.82, 2.24) is 9.97 Å². The van der Waals surface area contributed by atoms with E-state index in [1.54, 1.807) is 13.0 Å². The molecule has 0 amide bonds. The van der Waals surface area contributed by atoms with E-state index in [2.05, 4.69) is 14.7 Å². The summed E-state index contributed by atoms with van der Waals surface area (Å²) in [5, 5.41) is 0. The molecule has 0 aliphatic heterocycles. The SMILES string of the molecule is Cc1ccc(NS(=O)(=O)c2ccc3[nH]c(=O)[nH]c3c2)c(F)c1. The Morgan fingerprint density at radius 3 is 2.50 bits per heavy atom. The quantitative estimate of drug-likeness (QED) is 0.689. The number of sulfonamides is 1. The number of nitrogens with one attached hydrogen (secondary N) is 3. The lowest BCUT2D eigenvalue weighted by Crippen LogP contribution is -2.14. The molecule has 0 saturated heterocycles. The molecule has 0 unspecified atom stereocenters. The molecular weight excluding hydrogens is 309 g/mol. The third kappa shape index (κ3) is 2.60. The number of aromatic nitrogens is 2. The van der Waals surface area contributed by atoms with Crippen LogP contribution in [0, 0.1) is 12.7 Å². The van der Waals surface area contributed by atoms with Gasteiger partial charge >= 0.3 is 5.69 Å². The largest absolute Gasteiger partial charge is 0.323 e. The maximum absolute atomic E-state index is 13.8. The Hall–Kier alpha value is -2.61. The molecular formula is C14H12FN3O3S. The van der Waals surface area contributed by atoms with Crippen LogP contribution in [0.5, 0.6) is 0 Å². The van der Waals surface area contributed by atoms with Crippen molar-refractivity contribution in [3.8, 4) is 0 Å². The highest BCUT2D eigenvalue weighted by Crippen LogP contribution is 2.21. The fraction of sp³-hybridized carbons (Fsp3) is 0.0714. The van der Waals surface area contributed by atoms with E-state index in [4.69, 9.17) is 0 Å². The number of benzene rings is 2. The van der Waals surface area contributed by atoms with Crippen molar-refractivity contribution < 1.29 is 12.8 Å². The maximum Gasteiger partial charge on any atom is 0.323 e. The van der Waals surface area contributed by atoms with Crippen molar-refractivity contribution >= 4 is 26.7 Å². The van der Waals surface area contributed by atoms with Crippen LogP contribution in [-0.4, -0.2) is 18.4 Å². The molecule has 3 aromatic rings. The fourth-order valence-electron chi connectivity index (χ4n) is 2.09. The summed E-state index contributed by atoms with van der Waals surface area (Å²) in [6.45, 7) is 1.71. The van der Waals surface area contributed by atoms with Crippen LogP contribution in [0.1, 0.15) is 5.56 Å². The molecule has 3 N–H and O–H groups in total. The number of hydrogen-bond acceptors (Lipinski definition) is 3. The van der Waals surface area contributed by atoms with Gasteiger partial charge in [0.2, 0.25) is 0 Å². The number of anilines is 1. The molecule has 8 heteroatoms. The topological polar surface area (TPSA) is 94.8 Å². The van der Waals surface area contributed by atoms with Crippen molar-refractivity contribution in [2.75, 3.05) is 4.72 Å². The number of imidazole rings is 1. The molecule has 0 spiro atoms. The van der Waals surface area contributed by atoms with Gasteiger partial charge in [-0.1, -0.05) is 6.07 Å². The molecule has 0 fully saturated rings. The van der Waals surface area contributed by atoms with Gasteiger partial charge in [0.15, 0.2) is 0 Å². The molecule has 0 radical (unpaired) electrons. The van der Waals surface area contributed by atoms with E-state index < -0.39 is 21.5 Å². The van der Waals surface area contributed by atoms with Gasteiger partial charge < -0.3 is 9.97 Å². The minimum Gasteiger partial charge on any atom is -0.306 e. The summed E-state index contributed by atoms with van der Waals surface area (Å²) in [6, 6.07) is 8.31. The number of hydrogen-bond donors (Lipinski definition) is 3. The third-order valence-corrected chi connectivity index (χ3v) is 4.53. The molecule has 3 rings (SSSR count). The van der Waals surface area contributed by atoms with Crippen LogP contribution in [0.3, 0.4) is 0 Å². The van der Waals surface area contributed by atoms with Crippen LogP contribution in [0.4, 0.5) is 10.1 Å². The molecule has 6 nitrogen and oxygen atoms in total. The van der Waals surface area contributed by atoms with Crippen LogP contribution >= 0.6 is 0 Å². The van der Waals surface area contributed by atoms with Crippen LogP contribution in [0.2, 0.25) is 0 Å². The Balaban J connectivity index is 2.01. The molecule has 2 aromatic carbocycles. The van der Waals surface area contributed by atoms with E-state index in [0.717, 1.165) is 0 Å². The third-order valence-electron chi connectivity index (χ3n) is 3.17. The first-order valence-electron chi connectivity index (χ1n) is 6.36. The number of H-pyrrole nitrogens is 2. The molecule has 0 aliphatic carbocycles. The predicted molar refractivity (Wildman–Crippen MR) is 80.9 cm³/mol. The molecule has 114 valence electrons. The van der Waals surface area contributed by atoms with Gasteiger partial charge in [0, 0.05) is 0 Å². The highest BCUT2D eigenvalue weighted by molar-refractivity contribution is 7.92. The minimum atomic E-state index is -3.96. The predicted octanol–water partition coefficient (Wildman–Crippen LogP) is 2.10. The first-order valence-corrected chi connectivity index (χ1v) is 7.84. The van der Waals surface area contributed by atoms with E-state index in [9.17, 15) is 17.6 Å². The molecule has 0 bridgehead atoms. The highest BCUT2D eigenvalue weighted by atomic mass is 32.2. The van der Waals surface area contributed by atoms with Crippen LogP contribution < -0.4 is 10.4 Å². The molecule has 1 aromatic heterocycles. The normalized spacial score (nSPS) is 11.7. The first-order chi connectivity index (χ1) is 10.3. The van der Waals surface area contributed by atoms with E-state index in [1.807, 2.05) is 0 Å². The van der Waals surface area contributed by atoms with Crippen molar-refractivity contribution in [3.05, 3.63) is 58.3 Å². The van der Waals surface area contributed by atoms with Crippen LogP contribution in [-0.2, 0) is 10.0 Å². The van der Waals surface area contributed by atoms with Gasteiger partial charge in [0.1, 0.15) is 5.82 Å². The van der Waals surface area contributed by atoms with Crippen LogP contribution in [0.15, 0.2) is 46.1 Å². The standard InChI is InChI=1S/C14H12FN3O3S/c1-8-2-4-11(10(15)6-8)18-22(20,21)9-3-5-12-13(7-9)17-14(19)16-12/h2-7,18H,1H3,(H2,16,17,19). The Labute approximate surface area is 125 Å². The summed E-state index contributed by atoms with van der Waals surface area (Å²) >= 11 is 0. The maximum atomic E-state index is 13.8. The van der Waals surface area contributed by atoms with Crippen molar-refractivity contribution in [2.24, 2.45) is 0 Å². The van der Waals surface area contributed by atoms with Gasteiger partial charge in [-0.15, -0.1) is 0 Å². The molecule has 0 saturated carbocycles. The van der Waals surface area contributed by atoms with E-state index in [1.165, 1.54) is 30.3 Å². The summed E-state index contributed by atoms with van der Waals surface area (Å²) in [5.74, 6) is -0.653. The lowest BCUT2D eigenvalue weighted by molar-refractivity contribution is 0.598. The van der Waals surface area contributed by atoms with E-state index >= 15 is 0 Å². The summed E-state index contributed by atoms with van der Waals surface area (Å²) in [7, 11) is -3.96. The first kappa shape index (κ1) is 14.3. The van der Waals surface area contributed by atoms with Gasteiger partial charge in [-0.25, -0.2) is 17.6 Å². The van der Waals surface area contributed by atoms with Gasteiger partial charge in [-0.3, -0.25) is 4.72 Å². The lowest BCUT2D eigenvalue weighted by atomic mass is 10.2. The van der Waals surface area contributed by atoms with Crippen LogP contribution in [0.25, 0.3) is 11.0 Å². The second kappa shape index (κ2) is 4.99. The zero-order valence-corrected chi connectivity index (χ0v) is 12.3. The lowest BCUT2D eigenvalue weighted by Gasteiger charge is -2.09. The monoisotopic (exact) mass is 321 g/mol. The number of aryl methyl sites for hydroxylation is 1. The number of halogens is 1. The molecule has 0 aliphatic rings. The van der Waals surface area contributed by atoms with Gasteiger partial charge in [0.25, 0.3) is 10.0 Å². The minimum absolute atomic E-state index is 0.0739. The second-order valence-electron chi connectivity index (χ2n) is 4.88. The Kier molecular flexibility index (Phi) is 3.25. The fourth-order valence-corrected chi connectivity index (χ4v) is 3.18. The summed E-state index contributed by atoms with van der Waals surface area (Å²) in [6.07, 6.45) is 0. The Morgan fingerprint density at radius 1 is 1.05 bits per heavy atom. The number of aromatic amines is 2. The average Bonchev–Trinajstić information content (AvgIpc) is 2.81. The summed E-state index contributed by atoms with van der Waals surface area (Å²) in [5.41, 5.74) is 0.977. The van der Waals surface area contributed by atoms with E-state index in [-0.39, 0.29) is 10.6 Å². The zero-order valence-electron chi connectivity index (χ0n) is 11.5. The summed E-state index contributed by atoms with van der Waals surface area (Å²) < 4.78 is 40.6. The van der Waals surface area contributed by atoms with Crippen molar-refractivity contribution in [2.45, 2.75) is 11.8 Å². The average molecular weight is 321 g/mol. The smallest absolute Gasteiger partial charge is 0.306 e. The van der Waals surface area contributed by atoms with E-state index in [0.29, 0.717) is 16.6 Å². The van der Waals surface area contributed by atoms with Gasteiger partial charge in [-0.2, -0.15) is 0 Å². The van der Waals surface area contributed by atoms with Crippen molar-refractivity contribution in [1.29, 1.82) is 0 Å². The van der Waals surface area contributed by atoms with Crippen molar-refractivity contribution in [3.63, 3.8) is 0 Å². The van der Waals surface area contributed by atoms with Gasteiger partial charge in [-0.05, 0) is 42.8 Å². The Morgan fingerprint density at radius 2 is 1.77 bits per heavy atom. The molecule has 0 atom stereocenters. The van der Waals surface area contributed by atoms with Gasteiger partial charge in [0.05, 0.1) is 21.6 Å². The zero-order chi connectivity index (χ0) is 15.9. The highest BCUT2D eigenvalue weighted by Gasteiger charge is 2.17. The Bertz CT molecular complexity index is 1020.